The van der Waals surface area contributed by atoms with Crippen LogP contribution in [-0.2, 0) is 14.9 Å². The molecule has 0 bridgehead atoms. The van der Waals surface area contributed by atoms with Gasteiger partial charge in [0.1, 0.15) is 0 Å². The van der Waals surface area contributed by atoms with E-state index in [0.29, 0.717) is 44.1 Å². The Balaban J connectivity index is 0.00000264. The lowest BCUT2D eigenvalue weighted by atomic mass is 9.91. The van der Waals surface area contributed by atoms with Gasteiger partial charge in [-0.15, -0.1) is 12.4 Å². The van der Waals surface area contributed by atoms with Gasteiger partial charge < -0.3 is 9.64 Å². The van der Waals surface area contributed by atoms with Crippen molar-refractivity contribution >= 4 is 22.6 Å². The van der Waals surface area contributed by atoms with Crippen molar-refractivity contribution < 1.29 is 13.2 Å². The number of rotatable bonds is 5. The van der Waals surface area contributed by atoms with Gasteiger partial charge in [0.15, 0.2) is 0 Å². The van der Waals surface area contributed by atoms with Crippen molar-refractivity contribution in [1.29, 1.82) is 0 Å². The lowest BCUT2D eigenvalue weighted by molar-refractivity contribution is 0.0592. The first kappa shape index (κ1) is 21.1. The quantitative estimate of drug-likeness (QED) is 0.732. The van der Waals surface area contributed by atoms with Crippen LogP contribution in [0.1, 0.15) is 26.7 Å². The summed E-state index contributed by atoms with van der Waals surface area (Å²) in [5.41, 5.74) is 0. The number of piperidine rings is 1. The topological polar surface area (TPSA) is 53.1 Å². The smallest absolute Gasteiger partial charge is 0.282 e. The number of halogens is 1. The second-order valence-corrected chi connectivity index (χ2v) is 9.03. The molecule has 0 amide bonds. The first-order valence-electron chi connectivity index (χ1n) is 8.21. The molecule has 0 aromatic heterocycles. The minimum Gasteiger partial charge on any atom is -0.381 e. The molecular formula is C15H32ClN3O3S. The van der Waals surface area contributed by atoms with E-state index in [1.54, 1.807) is 15.7 Å². The van der Waals surface area contributed by atoms with Gasteiger partial charge in [-0.3, -0.25) is 0 Å². The van der Waals surface area contributed by atoms with Crippen molar-refractivity contribution in [3.05, 3.63) is 0 Å². The molecule has 138 valence electrons. The summed E-state index contributed by atoms with van der Waals surface area (Å²) in [6.45, 7) is 6.73. The van der Waals surface area contributed by atoms with Crippen LogP contribution in [0.2, 0.25) is 0 Å². The lowest BCUT2D eigenvalue weighted by Gasteiger charge is -2.33. The first-order valence-corrected chi connectivity index (χ1v) is 9.61. The third-order valence-electron chi connectivity index (χ3n) is 5.21. The fraction of sp³-hybridized carbons (Fsp3) is 1.00. The van der Waals surface area contributed by atoms with E-state index >= 15 is 0 Å². The Kier molecular flexibility index (Phi) is 7.76. The molecule has 6 nitrogen and oxygen atoms in total. The molecule has 0 aliphatic carbocycles. The molecular weight excluding hydrogens is 338 g/mol. The van der Waals surface area contributed by atoms with Crippen LogP contribution in [0.3, 0.4) is 0 Å². The Hall–Kier alpha value is 0.0800. The van der Waals surface area contributed by atoms with Crippen LogP contribution in [0.4, 0.5) is 0 Å². The highest BCUT2D eigenvalue weighted by Crippen LogP contribution is 2.30. The number of hydrogen-bond donors (Lipinski definition) is 0. The maximum Gasteiger partial charge on any atom is 0.282 e. The minimum absolute atomic E-state index is 0. The summed E-state index contributed by atoms with van der Waals surface area (Å²) in [6, 6.07) is 0.297. The second-order valence-electron chi connectivity index (χ2n) is 7.10. The highest BCUT2D eigenvalue weighted by Gasteiger charge is 2.43. The fourth-order valence-corrected chi connectivity index (χ4v) is 5.33. The van der Waals surface area contributed by atoms with E-state index in [2.05, 4.69) is 18.7 Å². The summed E-state index contributed by atoms with van der Waals surface area (Å²) in [5.74, 6) is 0.869. The van der Waals surface area contributed by atoms with E-state index in [0.717, 1.165) is 12.8 Å². The zero-order valence-corrected chi connectivity index (χ0v) is 16.6. The fourth-order valence-electron chi connectivity index (χ4n) is 3.63. The number of likely N-dealkylation sites (N-methyl/N-ethyl adjacent to an activating group) is 1. The molecule has 2 atom stereocenters. The monoisotopic (exact) mass is 369 g/mol. The third kappa shape index (κ3) is 4.58. The Bertz CT molecular complexity index is 449. The van der Waals surface area contributed by atoms with Crippen molar-refractivity contribution in [2.75, 3.05) is 47.4 Å². The van der Waals surface area contributed by atoms with Gasteiger partial charge in [0.05, 0.1) is 6.10 Å². The Morgan fingerprint density at radius 1 is 1.09 bits per heavy atom. The van der Waals surface area contributed by atoms with E-state index in [1.807, 2.05) is 14.1 Å². The van der Waals surface area contributed by atoms with Crippen LogP contribution in [-0.4, -0.2) is 81.5 Å². The molecule has 0 aromatic carbocycles. The Morgan fingerprint density at radius 3 is 2.04 bits per heavy atom. The molecule has 0 aromatic rings. The summed E-state index contributed by atoms with van der Waals surface area (Å²) < 4.78 is 34.5. The summed E-state index contributed by atoms with van der Waals surface area (Å²) in [5, 5.41) is 0. The molecule has 2 aliphatic heterocycles. The zero-order valence-electron chi connectivity index (χ0n) is 14.9. The number of nitrogens with zero attached hydrogens (tertiary/aromatic N) is 3. The summed E-state index contributed by atoms with van der Waals surface area (Å²) in [7, 11) is 2.44. The van der Waals surface area contributed by atoms with Gasteiger partial charge in [0.2, 0.25) is 0 Å². The third-order valence-corrected chi connectivity index (χ3v) is 7.17. The van der Waals surface area contributed by atoms with Crippen molar-refractivity contribution in [3.63, 3.8) is 0 Å². The van der Waals surface area contributed by atoms with E-state index in [1.165, 1.54) is 0 Å². The van der Waals surface area contributed by atoms with Gasteiger partial charge in [0, 0.05) is 39.3 Å². The van der Waals surface area contributed by atoms with Crippen molar-refractivity contribution in [1.82, 2.24) is 13.5 Å². The van der Waals surface area contributed by atoms with Crippen LogP contribution >= 0.6 is 12.4 Å². The normalized spacial score (nSPS) is 28.5. The van der Waals surface area contributed by atoms with Gasteiger partial charge in [0.25, 0.3) is 10.2 Å². The summed E-state index contributed by atoms with van der Waals surface area (Å²) >= 11 is 0. The highest BCUT2D eigenvalue weighted by molar-refractivity contribution is 7.86. The van der Waals surface area contributed by atoms with E-state index in [4.69, 9.17) is 4.74 Å². The maximum atomic E-state index is 12.9. The number of methoxy groups -OCH3 is 1. The van der Waals surface area contributed by atoms with Crippen LogP contribution in [0.5, 0.6) is 0 Å². The molecule has 0 saturated carbocycles. The summed E-state index contributed by atoms with van der Waals surface area (Å²) in [4.78, 5) is 2.16. The largest absolute Gasteiger partial charge is 0.381 e. The molecule has 2 heterocycles. The second kappa shape index (κ2) is 8.45. The van der Waals surface area contributed by atoms with Gasteiger partial charge in [-0.05, 0) is 38.8 Å². The predicted octanol–water partition coefficient (Wildman–Crippen LogP) is 1.28. The molecule has 23 heavy (non-hydrogen) atoms. The molecule has 2 fully saturated rings. The highest BCUT2D eigenvalue weighted by atomic mass is 35.5. The Morgan fingerprint density at radius 2 is 1.65 bits per heavy atom. The van der Waals surface area contributed by atoms with Gasteiger partial charge in [-0.25, -0.2) is 0 Å². The maximum absolute atomic E-state index is 12.9. The van der Waals surface area contributed by atoms with Crippen LogP contribution in [0.15, 0.2) is 0 Å². The van der Waals surface area contributed by atoms with E-state index < -0.39 is 10.2 Å². The standard InChI is InChI=1S/C15H31N3O3S.ClH/c1-12(2)14-10-18(11-15(14)16(3)4)22(19,20)17-8-6-13(21-5)7-9-17;/h12-15H,6-11H2,1-5H3;1H/t14-,15+;/m1./s1. The predicted molar refractivity (Wildman–Crippen MR) is 95.1 cm³/mol. The molecule has 2 rings (SSSR count). The molecule has 0 N–H and O–H groups in total. The van der Waals surface area contributed by atoms with Gasteiger partial charge in [-0.2, -0.15) is 17.0 Å². The summed E-state index contributed by atoms with van der Waals surface area (Å²) in [6.07, 6.45) is 1.77. The van der Waals surface area contributed by atoms with Gasteiger partial charge >= 0.3 is 0 Å². The van der Waals surface area contributed by atoms with Crippen molar-refractivity contribution in [2.45, 2.75) is 38.8 Å². The Labute approximate surface area is 147 Å². The van der Waals surface area contributed by atoms with Gasteiger partial charge in [-0.1, -0.05) is 13.8 Å². The molecule has 0 spiro atoms. The van der Waals surface area contributed by atoms with Crippen molar-refractivity contribution in [3.8, 4) is 0 Å². The molecule has 0 unspecified atom stereocenters. The number of hydrogen-bond acceptors (Lipinski definition) is 4. The first-order chi connectivity index (χ1) is 10.3. The SMILES string of the molecule is COC1CCN(S(=O)(=O)N2C[C@H](C(C)C)[C@@H](N(C)C)C2)CC1.Cl. The minimum atomic E-state index is -3.34. The van der Waals surface area contributed by atoms with Crippen molar-refractivity contribution in [2.24, 2.45) is 11.8 Å². The van der Waals surface area contributed by atoms with Crippen LogP contribution in [0, 0.1) is 11.8 Å². The van der Waals surface area contributed by atoms with Crippen LogP contribution < -0.4 is 0 Å². The lowest BCUT2D eigenvalue weighted by Crippen LogP contribution is -2.48. The van der Waals surface area contributed by atoms with Crippen LogP contribution in [0.25, 0.3) is 0 Å². The van der Waals surface area contributed by atoms with E-state index in [-0.39, 0.29) is 18.5 Å². The zero-order chi connectivity index (χ0) is 16.5. The average Bonchev–Trinajstić information content (AvgIpc) is 2.93. The molecule has 8 heteroatoms. The molecule has 0 radical (unpaired) electrons. The molecule has 2 saturated heterocycles. The number of ether oxygens (including phenoxy) is 1. The van der Waals surface area contributed by atoms with E-state index in [9.17, 15) is 8.42 Å². The molecule has 2 aliphatic rings. The average molecular weight is 370 g/mol.